The van der Waals surface area contributed by atoms with Crippen molar-refractivity contribution in [2.24, 2.45) is 10.1 Å². The highest BCUT2D eigenvalue weighted by molar-refractivity contribution is 8.14. The van der Waals surface area contributed by atoms with Crippen molar-refractivity contribution in [3.05, 3.63) is 54.0 Å². The van der Waals surface area contributed by atoms with Crippen molar-refractivity contribution >= 4 is 28.3 Å². The van der Waals surface area contributed by atoms with Crippen LogP contribution < -0.4 is 5.43 Å². The van der Waals surface area contributed by atoms with Gasteiger partial charge >= 0.3 is 6.18 Å². The van der Waals surface area contributed by atoms with Gasteiger partial charge in [0.1, 0.15) is 5.71 Å². The largest absolute Gasteiger partial charge is 0.463 e. The number of aliphatic imine (C=N–C) groups is 1. The van der Waals surface area contributed by atoms with Gasteiger partial charge in [-0.2, -0.15) is 18.3 Å². The molecule has 0 unspecified atom stereocenters. The van der Waals surface area contributed by atoms with Gasteiger partial charge in [0.15, 0.2) is 10.9 Å². The molecule has 0 saturated heterocycles. The van der Waals surface area contributed by atoms with E-state index in [9.17, 15) is 13.2 Å². The Kier molecular flexibility index (Phi) is 3.93. The maximum atomic E-state index is 12.7. The molecule has 4 nitrogen and oxygen atoms in total. The van der Waals surface area contributed by atoms with E-state index in [1.54, 1.807) is 18.4 Å². The van der Waals surface area contributed by atoms with Crippen molar-refractivity contribution in [1.29, 1.82) is 0 Å². The van der Waals surface area contributed by atoms with E-state index in [0.29, 0.717) is 16.7 Å². The quantitative estimate of drug-likeness (QED) is 0.907. The standard InChI is InChI=1S/C14H10F3N3OS/c15-14(16,17)9-3-1-4-10(7-9)18-13-20-19-11(8-22-13)12-5-2-6-21-12/h1-7H,8H2,(H,18,20). The van der Waals surface area contributed by atoms with Crippen LogP contribution in [-0.4, -0.2) is 16.6 Å². The molecule has 1 aromatic heterocycles. The Morgan fingerprint density at radius 1 is 1.23 bits per heavy atom. The van der Waals surface area contributed by atoms with E-state index in [1.807, 2.05) is 0 Å². The molecule has 1 N–H and O–H groups in total. The van der Waals surface area contributed by atoms with Crippen LogP contribution in [0.4, 0.5) is 18.9 Å². The second-order valence-corrected chi connectivity index (χ2v) is 5.37. The minimum Gasteiger partial charge on any atom is -0.463 e. The third kappa shape index (κ3) is 3.33. The second-order valence-electron chi connectivity index (χ2n) is 4.40. The number of hydrogen-bond donors (Lipinski definition) is 1. The molecule has 2 aromatic rings. The predicted octanol–water partition coefficient (Wildman–Crippen LogP) is 4.03. The Hall–Kier alpha value is -2.22. The topological polar surface area (TPSA) is 49.9 Å². The number of thioether (sulfide) groups is 1. The van der Waals surface area contributed by atoms with Crippen molar-refractivity contribution < 1.29 is 17.6 Å². The SMILES string of the molecule is FC(F)(F)c1cccc(N=C2NN=C(c3ccco3)CS2)c1. The number of benzene rings is 1. The van der Waals surface area contributed by atoms with Crippen LogP contribution in [0.1, 0.15) is 11.3 Å². The van der Waals surface area contributed by atoms with Crippen LogP contribution in [0.15, 0.2) is 57.2 Å². The van der Waals surface area contributed by atoms with Gasteiger partial charge in [0.2, 0.25) is 0 Å². The van der Waals surface area contributed by atoms with E-state index in [-0.39, 0.29) is 5.69 Å². The minimum atomic E-state index is -4.38. The third-order valence-electron chi connectivity index (χ3n) is 2.84. The molecule has 8 heteroatoms. The highest BCUT2D eigenvalue weighted by atomic mass is 32.2. The fraction of sp³-hybridized carbons (Fsp3) is 0.143. The first-order chi connectivity index (χ1) is 10.5. The highest BCUT2D eigenvalue weighted by Crippen LogP contribution is 2.31. The lowest BCUT2D eigenvalue weighted by Gasteiger charge is -2.13. The van der Waals surface area contributed by atoms with Crippen LogP contribution in [0.25, 0.3) is 0 Å². The van der Waals surface area contributed by atoms with E-state index < -0.39 is 11.7 Å². The lowest BCUT2D eigenvalue weighted by molar-refractivity contribution is -0.137. The molecule has 0 radical (unpaired) electrons. The Morgan fingerprint density at radius 2 is 2.09 bits per heavy atom. The zero-order valence-electron chi connectivity index (χ0n) is 11.1. The van der Waals surface area contributed by atoms with Gasteiger partial charge in [-0.1, -0.05) is 17.8 Å². The van der Waals surface area contributed by atoms with E-state index in [2.05, 4.69) is 15.5 Å². The molecule has 0 saturated carbocycles. The molecule has 2 heterocycles. The summed E-state index contributed by atoms with van der Waals surface area (Å²) in [5, 5.41) is 4.56. The maximum absolute atomic E-state index is 12.7. The molecule has 0 amide bonds. The van der Waals surface area contributed by atoms with Gasteiger partial charge in [-0.15, -0.1) is 0 Å². The van der Waals surface area contributed by atoms with E-state index in [1.165, 1.54) is 23.9 Å². The van der Waals surface area contributed by atoms with Gasteiger partial charge in [-0.05, 0) is 30.3 Å². The van der Waals surface area contributed by atoms with E-state index >= 15 is 0 Å². The zero-order valence-corrected chi connectivity index (χ0v) is 11.9. The summed E-state index contributed by atoms with van der Waals surface area (Å²) in [6, 6.07) is 8.40. The molecule has 1 aromatic carbocycles. The highest BCUT2D eigenvalue weighted by Gasteiger charge is 2.30. The van der Waals surface area contributed by atoms with Crippen LogP contribution in [-0.2, 0) is 6.18 Å². The summed E-state index contributed by atoms with van der Waals surface area (Å²) in [6.07, 6.45) is -2.83. The summed E-state index contributed by atoms with van der Waals surface area (Å²) >= 11 is 1.34. The fourth-order valence-electron chi connectivity index (χ4n) is 1.81. The summed E-state index contributed by atoms with van der Waals surface area (Å²) in [7, 11) is 0. The van der Waals surface area contributed by atoms with Crippen LogP contribution in [0, 0.1) is 0 Å². The first-order valence-electron chi connectivity index (χ1n) is 6.27. The monoisotopic (exact) mass is 325 g/mol. The van der Waals surface area contributed by atoms with Crippen molar-refractivity contribution in [1.82, 2.24) is 5.43 Å². The number of nitrogens with zero attached hydrogens (tertiary/aromatic N) is 2. The molecule has 0 atom stereocenters. The molecule has 1 aliphatic rings. The molecular weight excluding hydrogens is 315 g/mol. The van der Waals surface area contributed by atoms with Crippen molar-refractivity contribution in [2.45, 2.75) is 6.18 Å². The van der Waals surface area contributed by atoms with Gasteiger partial charge in [0.05, 0.1) is 17.5 Å². The summed E-state index contributed by atoms with van der Waals surface area (Å²) in [6.45, 7) is 0. The van der Waals surface area contributed by atoms with E-state index in [4.69, 9.17) is 4.42 Å². The first-order valence-corrected chi connectivity index (χ1v) is 7.26. The lowest BCUT2D eigenvalue weighted by Crippen LogP contribution is -2.24. The normalized spacial score (nSPS) is 17.2. The number of furan rings is 1. The van der Waals surface area contributed by atoms with Crippen LogP contribution in [0.3, 0.4) is 0 Å². The van der Waals surface area contributed by atoms with E-state index in [0.717, 1.165) is 17.8 Å². The molecule has 22 heavy (non-hydrogen) atoms. The number of halogens is 3. The Bertz CT molecular complexity index is 723. The van der Waals surface area contributed by atoms with Crippen molar-refractivity contribution in [3.63, 3.8) is 0 Å². The zero-order chi connectivity index (χ0) is 15.6. The molecule has 0 bridgehead atoms. The van der Waals surface area contributed by atoms with Gasteiger partial charge in [-0.3, -0.25) is 5.43 Å². The average molecular weight is 325 g/mol. The summed E-state index contributed by atoms with van der Waals surface area (Å²) in [4.78, 5) is 4.14. The predicted molar refractivity (Wildman–Crippen MR) is 79.4 cm³/mol. The summed E-state index contributed by atoms with van der Waals surface area (Å²) in [5.41, 5.74) is 2.94. The fourth-order valence-corrected chi connectivity index (χ4v) is 2.57. The number of amidine groups is 1. The second kappa shape index (κ2) is 5.88. The number of hydrazone groups is 1. The third-order valence-corrected chi connectivity index (χ3v) is 3.72. The smallest absolute Gasteiger partial charge is 0.416 e. The molecular formula is C14H10F3N3OS. The Labute approximate surface area is 128 Å². The molecule has 0 aliphatic carbocycles. The molecule has 1 aliphatic heterocycles. The van der Waals surface area contributed by atoms with Gasteiger partial charge in [-0.25, -0.2) is 4.99 Å². The molecule has 3 rings (SSSR count). The van der Waals surface area contributed by atoms with Crippen LogP contribution >= 0.6 is 11.8 Å². The number of hydrogen-bond acceptors (Lipinski definition) is 4. The van der Waals surface area contributed by atoms with Crippen LogP contribution in [0.5, 0.6) is 0 Å². The molecule has 0 fully saturated rings. The minimum absolute atomic E-state index is 0.224. The number of alkyl halides is 3. The van der Waals surface area contributed by atoms with Gasteiger partial charge in [0.25, 0.3) is 0 Å². The number of nitrogens with one attached hydrogen (secondary N) is 1. The summed E-state index contributed by atoms with van der Waals surface area (Å²) < 4.78 is 43.2. The number of rotatable bonds is 2. The Morgan fingerprint density at radius 3 is 2.73 bits per heavy atom. The summed E-state index contributed by atoms with van der Waals surface area (Å²) in [5.74, 6) is 1.18. The van der Waals surface area contributed by atoms with Crippen molar-refractivity contribution in [2.75, 3.05) is 5.75 Å². The molecule has 114 valence electrons. The van der Waals surface area contributed by atoms with Gasteiger partial charge in [0, 0.05) is 5.75 Å². The van der Waals surface area contributed by atoms with Crippen molar-refractivity contribution in [3.8, 4) is 0 Å². The van der Waals surface area contributed by atoms with Crippen LogP contribution in [0.2, 0.25) is 0 Å². The first kappa shape index (κ1) is 14.7. The van der Waals surface area contributed by atoms with Gasteiger partial charge < -0.3 is 4.42 Å². The maximum Gasteiger partial charge on any atom is 0.416 e. The lowest BCUT2D eigenvalue weighted by atomic mass is 10.2. The Balaban J connectivity index is 1.77. The average Bonchev–Trinajstić information content (AvgIpc) is 3.02. The molecule has 0 spiro atoms.